The molecule has 0 spiro atoms. The van der Waals surface area contributed by atoms with Gasteiger partial charge in [0.15, 0.2) is 0 Å². The maximum atomic E-state index is 11.3. The van der Waals surface area contributed by atoms with Gasteiger partial charge in [-0.25, -0.2) is 0 Å². The highest BCUT2D eigenvalue weighted by Crippen LogP contribution is 2.48. The topological polar surface area (TPSA) is 17.1 Å². The minimum atomic E-state index is 0.337. The predicted molar refractivity (Wildman–Crippen MR) is 69.4 cm³/mol. The van der Waals surface area contributed by atoms with Crippen molar-refractivity contribution in [3.8, 4) is 0 Å². The highest BCUT2D eigenvalue weighted by Gasteiger charge is 2.41. The van der Waals surface area contributed by atoms with Crippen LogP contribution in [0.3, 0.4) is 0 Å². The van der Waals surface area contributed by atoms with Crippen molar-refractivity contribution >= 4 is 5.78 Å². The van der Waals surface area contributed by atoms with Gasteiger partial charge >= 0.3 is 0 Å². The quantitative estimate of drug-likeness (QED) is 0.643. The number of carbonyl (C=O) groups is 1. The fourth-order valence-electron chi connectivity index (χ4n) is 4.01. The van der Waals surface area contributed by atoms with Crippen molar-refractivity contribution in [2.45, 2.75) is 67.2 Å². The van der Waals surface area contributed by atoms with Crippen LogP contribution in [0.25, 0.3) is 0 Å². The molecule has 0 N–H and O–H groups in total. The minimum Gasteiger partial charge on any atom is -0.300 e. The lowest BCUT2D eigenvalue weighted by molar-refractivity contribution is -0.122. The highest BCUT2D eigenvalue weighted by atomic mass is 16.1. The van der Waals surface area contributed by atoms with Crippen molar-refractivity contribution in [1.29, 1.82) is 0 Å². The molecule has 94 valence electrons. The summed E-state index contributed by atoms with van der Waals surface area (Å²) in [6, 6.07) is 0. The molecule has 1 fully saturated rings. The summed E-state index contributed by atoms with van der Waals surface area (Å²) in [6.07, 6.45) is 3.84. The zero-order valence-electron chi connectivity index (χ0n) is 11.9. The van der Waals surface area contributed by atoms with E-state index in [0.29, 0.717) is 22.5 Å². The van der Waals surface area contributed by atoms with Crippen LogP contribution in [0.1, 0.15) is 67.2 Å². The molecule has 0 unspecified atom stereocenters. The van der Waals surface area contributed by atoms with E-state index in [1.807, 2.05) is 0 Å². The van der Waals surface area contributed by atoms with Crippen LogP contribution in [0.5, 0.6) is 0 Å². The van der Waals surface area contributed by atoms with Gasteiger partial charge in [-0.05, 0) is 35.5 Å². The zero-order chi connectivity index (χ0) is 12.6. The molecule has 1 saturated carbocycles. The first kappa shape index (κ1) is 13.7. The molecule has 0 bridgehead atoms. The van der Waals surface area contributed by atoms with E-state index in [1.54, 1.807) is 0 Å². The van der Waals surface area contributed by atoms with Crippen LogP contribution in [0.15, 0.2) is 0 Å². The molecule has 1 nitrogen and oxygen atoms in total. The van der Waals surface area contributed by atoms with Gasteiger partial charge < -0.3 is 0 Å². The summed E-state index contributed by atoms with van der Waals surface area (Å²) in [4.78, 5) is 11.3. The third kappa shape index (κ3) is 3.33. The van der Waals surface area contributed by atoms with Crippen molar-refractivity contribution in [2.75, 3.05) is 0 Å². The second kappa shape index (κ2) is 4.50. The molecule has 0 radical (unpaired) electrons. The maximum absolute atomic E-state index is 11.3. The van der Waals surface area contributed by atoms with Crippen LogP contribution in [-0.4, -0.2) is 5.78 Å². The van der Waals surface area contributed by atoms with Crippen molar-refractivity contribution < 1.29 is 4.79 Å². The Bertz CT molecular complexity index is 228. The van der Waals surface area contributed by atoms with Gasteiger partial charge in [-0.15, -0.1) is 0 Å². The molecular weight excluding hydrogens is 196 g/mol. The van der Waals surface area contributed by atoms with Gasteiger partial charge in [0.05, 0.1) is 0 Å². The van der Waals surface area contributed by atoms with E-state index in [-0.39, 0.29) is 0 Å². The first-order valence-electron chi connectivity index (χ1n) is 6.64. The van der Waals surface area contributed by atoms with Gasteiger partial charge in [-0.3, -0.25) is 4.79 Å². The van der Waals surface area contributed by atoms with Crippen LogP contribution in [0, 0.1) is 22.7 Å². The Balaban J connectivity index is 2.82. The summed E-state index contributed by atoms with van der Waals surface area (Å²) in [5, 5.41) is 0. The van der Waals surface area contributed by atoms with Crippen molar-refractivity contribution in [3.05, 3.63) is 0 Å². The van der Waals surface area contributed by atoms with Crippen molar-refractivity contribution in [1.82, 2.24) is 0 Å². The van der Waals surface area contributed by atoms with E-state index < -0.39 is 0 Å². The zero-order valence-corrected chi connectivity index (χ0v) is 11.9. The third-order valence-electron chi connectivity index (χ3n) is 3.93. The molecule has 1 heteroatoms. The highest BCUT2D eigenvalue weighted by molar-refractivity contribution is 5.79. The van der Waals surface area contributed by atoms with E-state index in [4.69, 9.17) is 0 Å². The fourth-order valence-corrected chi connectivity index (χ4v) is 4.01. The van der Waals surface area contributed by atoms with Gasteiger partial charge in [-0.2, -0.15) is 0 Å². The molecule has 0 saturated heterocycles. The second-order valence-corrected chi connectivity index (χ2v) is 7.59. The maximum Gasteiger partial charge on any atom is 0.132 e. The summed E-state index contributed by atoms with van der Waals surface area (Å²) in [5.74, 6) is 1.91. The predicted octanol–water partition coefficient (Wildman–Crippen LogP) is 4.45. The summed E-state index contributed by atoms with van der Waals surface area (Å²) < 4.78 is 0. The molecule has 0 amide bonds. The molecule has 0 aromatic carbocycles. The number of Topliss-reactive ketones (excluding diaryl/α,β-unsaturated/α-hetero) is 1. The lowest BCUT2D eigenvalue weighted by atomic mass is 9.58. The Kier molecular flexibility index (Phi) is 3.87. The molecule has 0 heterocycles. The summed E-state index contributed by atoms with van der Waals surface area (Å²) in [7, 11) is 0. The van der Waals surface area contributed by atoms with Crippen LogP contribution >= 0.6 is 0 Å². The first-order chi connectivity index (χ1) is 7.12. The number of ketones is 1. The average molecular weight is 224 g/mol. The van der Waals surface area contributed by atoms with Crippen LogP contribution < -0.4 is 0 Å². The van der Waals surface area contributed by atoms with E-state index >= 15 is 0 Å². The Morgan fingerprint density at radius 1 is 0.938 bits per heavy atom. The molecule has 1 aliphatic carbocycles. The minimum absolute atomic E-state index is 0.337. The monoisotopic (exact) mass is 224 g/mol. The number of carbonyl (C=O) groups excluding carboxylic acids is 1. The molecule has 1 rings (SSSR count). The summed E-state index contributed by atoms with van der Waals surface area (Å²) in [6.45, 7) is 14.1. The molecular formula is C15H28O. The standard InChI is InChI=1S/C15H28O/c1-14(2,3)13(15(4,5)6)11-7-9-12(16)10-8-11/h11,13H,7-10H2,1-6H3. The number of rotatable bonds is 1. The van der Waals surface area contributed by atoms with E-state index in [9.17, 15) is 4.79 Å². The fraction of sp³-hybridized carbons (Fsp3) is 0.933. The van der Waals surface area contributed by atoms with Crippen LogP contribution in [0.2, 0.25) is 0 Å². The lowest BCUT2D eigenvalue weighted by Gasteiger charge is -2.47. The third-order valence-corrected chi connectivity index (χ3v) is 3.93. The molecule has 1 aliphatic rings. The van der Waals surface area contributed by atoms with Gasteiger partial charge in [0.25, 0.3) is 0 Å². The smallest absolute Gasteiger partial charge is 0.132 e. The second-order valence-electron chi connectivity index (χ2n) is 7.59. The van der Waals surface area contributed by atoms with Crippen molar-refractivity contribution in [2.24, 2.45) is 22.7 Å². The SMILES string of the molecule is CC(C)(C)C(C1CCC(=O)CC1)C(C)(C)C. The van der Waals surface area contributed by atoms with E-state index in [2.05, 4.69) is 41.5 Å². The van der Waals surface area contributed by atoms with Crippen LogP contribution in [-0.2, 0) is 4.79 Å². The normalized spacial score (nSPS) is 20.6. The number of hydrogen-bond acceptors (Lipinski definition) is 1. The van der Waals surface area contributed by atoms with Gasteiger partial charge in [0.2, 0.25) is 0 Å². The van der Waals surface area contributed by atoms with Gasteiger partial charge in [0.1, 0.15) is 5.78 Å². The Morgan fingerprint density at radius 3 is 1.62 bits per heavy atom. The molecule has 0 aliphatic heterocycles. The molecule has 0 atom stereocenters. The average Bonchev–Trinajstić information content (AvgIpc) is 2.03. The summed E-state index contributed by atoms with van der Waals surface area (Å²) >= 11 is 0. The Labute approximate surface area is 101 Å². The largest absolute Gasteiger partial charge is 0.300 e. The Morgan fingerprint density at radius 2 is 1.31 bits per heavy atom. The van der Waals surface area contributed by atoms with Crippen molar-refractivity contribution in [3.63, 3.8) is 0 Å². The lowest BCUT2D eigenvalue weighted by Crippen LogP contribution is -2.40. The number of hydrogen-bond donors (Lipinski definition) is 0. The van der Waals surface area contributed by atoms with E-state index in [1.165, 1.54) is 0 Å². The van der Waals surface area contributed by atoms with Crippen LogP contribution in [0.4, 0.5) is 0 Å². The Hall–Kier alpha value is -0.330. The molecule has 0 aromatic rings. The first-order valence-corrected chi connectivity index (χ1v) is 6.64. The summed E-state index contributed by atoms with van der Waals surface area (Å²) in [5.41, 5.74) is 0.673. The van der Waals surface area contributed by atoms with Gasteiger partial charge in [0, 0.05) is 12.8 Å². The van der Waals surface area contributed by atoms with Gasteiger partial charge in [-0.1, -0.05) is 41.5 Å². The van der Waals surface area contributed by atoms with E-state index in [0.717, 1.165) is 31.6 Å². The molecule has 0 aromatic heterocycles. The molecule has 16 heavy (non-hydrogen) atoms.